The quantitative estimate of drug-likeness (QED) is 0.633. The van der Waals surface area contributed by atoms with Gasteiger partial charge in [-0.3, -0.25) is 9.52 Å². The zero-order valence-corrected chi connectivity index (χ0v) is 17.4. The van der Waals surface area contributed by atoms with Gasteiger partial charge in [-0.2, -0.15) is 4.98 Å². The van der Waals surface area contributed by atoms with E-state index in [1.165, 1.54) is 24.3 Å². The smallest absolute Gasteiger partial charge is 0.316 e. The molecule has 0 spiro atoms. The number of morpholine rings is 1. The summed E-state index contributed by atoms with van der Waals surface area (Å²) in [5.41, 5.74) is 1.14. The minimum Gasteiger partial charge on any atom is -0.378 e. The van der Waals surface area contributed by atoms with Crippen molar-refractivity contribution in [1.82, 2.24) is 15.0 Å². The van der Waals surface area contributed by atoms with E-state index >= 15 is 0 Å². The van der Waals surface area contributed by atoms with Gasteiger partial charge < -0.3 is 14.2 Å². The molecule has 2 aromatic heterocycles. The van der Waals surface area contributed by atoms with E-state index in [1.54, 1.807) is 17.2 Å². The van der Waals surface area contributed by atoms with Crippen molar-refractivity contribution in [3.05, 3.63) is 46.9 Å². The zero-order valence-electron chi connectivity index (χ0n) is 15.8. The van der Waals surface area contributed by atoms with Crippen molar-refractivity contribution in [3.8, 4) is 11.4 Å². The first-order chi connectivity index (χ1) is 14.3. The van der Waals surface area contributed by atoms with Crippen LogP contribution in [-0.2, 0) is 14.8 Å². The fourth-order valence-corrected chi connectivity index (χ4v) is 5.13. The Morgan fingerprint density at radius 3 is 2.77 bits per heavy atom. The van der Waals surface area contributed by atoms with Crippen LogP contribution in [0.15, 0.2) is 38.4 Å². The highest BCUT2D eigenvalue weighted by Crippen LogP contribution is 2.29. The number of carbonyl (C=O) groups is 1. The average Bonchev–Trinajstić information content (AvgIpc) is 3.40. The van der Waals surface area contributed by atoms with Crippen LogP contribution in [0.25, 0.3) is 11.4 Å². The molecule has 0 unspecified atom stereocenters. The Morgan fingerprint density at radius 1 is 1.27 bits per heavy atom. The van der Waals surface area contributed by atoms with Gasteiger partial charge in [-0.05, 0) is 36.8 Å². The summed E-state index contributed by atoms with van der Waals surface area (Å²) in [5.74, 6) is -0.896. The van der Waals surface area contributed by atoms with E-state index in [9.17, 15) is 17.6 Å². The number of rotatable bonds is 5. The highest BCUT2D eigenvalue weighted by Gasteiger charge is 2.25. The number of ether oxygens (including phenoxy) is 1. The number of aryl methyl sites for hydroxylation is 1. The first-order valence-corrected chi connectivity index (χ1v) is 11.3. The van der Waals surface area contributed by atoms with Gasteiger partial charge in [0.05, 0.1) is 18.9 Å². The van der Waals surface area contributed by atoms with Crippen LogP contribution >= 0.6 is 11.3 Å². The molecule has 0 bridgehead atoms. The van der Waals surface area contributed by atoms with E-state index < -0.39 is 21.7 Å². The van der Waals surface area contributed by atoms with Crippen LogP contribution in [0.5, 0.6) is 0 Å². The number of hydrogen-bond donors (Lipinski definition) is 1. The van der Waals surface area contributed by atoms with Crippen molar-refractivity contribution in [2.24, 2.45) is 0 Å². The Bertz CT molecular complexity index is 1180. The number of amides is 1. The number of carbonyl (C=O) groups excluding carboxylic acids is 1. The fourth-order valence-electron chi connectivity index (χ4n) is 2.84. The lowest BCUT2D eigenvalue weighted by atomic mass is 10.2. The highest BCUT2D eigenvalue weighted by atomic mass is 32.2. The predicted octanol–water partition coefficient (Wildman–Crippen LogP) is 2.52. The molecule has 4 rings (SSSR count). The summed E-state index contributed by atoms with van der Waals surface area (Å²) in [6, 6.07) is 5.17. The summed E-state index contributed by atoms with van der Waals surface area (Å²) in [5, 5.41) is 5.35. The maximum absolute atomic E-state index is 13.2. The van der Waals surface area contributed by atoms with Gasteiger partial charge in [0.25, 0.3) is 10.0 Å². The normalized spacial score (nSPS) is 14.7. The standard InChI is InChI=1S/C18H17FN4O5S2/c1-11-8-13(19)2-3-14(11)22-30(25,26)15-9-12(10-29-15)16-20-17(28-21-16)18(24)23-4-6-27-7-5-23/h2-3,8-10,22H,4-7H2,1H3. The van der Waals surface area contributed by atoms with Gasteiger partial charge in [0, 0.05) is 24.0 Å². The first-order valence-electron chi connectivity index (χ1n) is 8.92. The van der Waals surface area contributed by atoms with Crippen LogP contribution in [0.2, 0.25) is 0 Å². The second-order valence-electron chi connectivity index (χ2n) is 6.55. The van der Waals surface area contributed by atoms with Gasteiger partial charge in [-0.15, -0.1) is 11.3 Å². The third kappa shape index (κ3) is 4.20. The van der Waals surface area contributed by atoms with Crippen LogP contribution in [0, 0.1) is 12.7 Å². The number of sulfonamides is 1. The fraction of sp³-hybridized carbons (Fsp3) is 0.278. The van der Waals surface area contributed by atoms with Crippen molar-refractivity contribution < 1.29 is 26.9 Å². The molecular formula is C18H17FN4O5S2. The number of nitrogens with one attached hydrogen (secondary N) is 1. The van der Waals surface area contributed by atoms with Crippen molar-refractivity contribution in [1.29, 1.82) is 0 Å². The number of halogens is 1. The van der Waals surface area contributed by atoms with Crippen LogP contribution in [-0.4, -0.2) is 55.7 Å². The second-order valence-corrected chi connectivity index (χ2v) is 9.37. The summed E-state index contributed by atoms with van der Waals surface area (Å²) < 4.78 is 51.3. The molecule has 1 amide bonds. The number of benzene rings is 1. The van der Waals surface area contributed by atoms with Gasteiger partial charge in [0.1, 0.15) is 10.0 Å². The maximum atomic E-state index is 13.2. The number of nitrogens with zero attached hydrogens (tertiary/aromatic N) is 3. The summed E-state index contributed by atoms with van der Waals surface area (Å²) >= 11 is 0.967. The highest BCUT2D eigenvalue weighted by molar-refractivity contribution is 7.94. The molecule has 1 fully saturated rings. The molecule has 0 atom stereocenters. The van der Waals surface area contributed by atoms with Crippen LogP contribution in [0.4, 0.5) is 10.1 Å². The monoisotopic (exact) mass is 452 g/mol. The third-order valence-electron chi connectivity index (χ3n) is 4.44. The van der Waals surface area contributed by atoms with Crippen LogP contribution in [0.3, 0.4) is 0 Å². The molecule has 1 N–H and O–H groups in total. The van der Waals surface area contributed by atoms with Crippen LogP contribution in [0.1, 0.15) is 16.2 Å². The van der Waals surface area contributed by atoms with Crippen LogP contribution < -0.4 is 4.72 Å². The Morgan fingerprint density at radius 2 is 2.03 bits per heavy atom. The molecule has 0 aliphatic carbocycles. The van der Waals surface area contributed by atoms with Gasteiger partial charge in [0.2, 0.25) is 5.82 Å². The molecule has 1 aromatic carbocycles. The molecule has 158 valence electrons. The van der Waals surface area contributed by atoms with Crippen molar-refractivity contribution >= 4 is 33.0 Å². The van der Waals surface area contributed by atoms with E-state index in [4.69, 9.17) is 9.26 Å². The Labute approximate surface area is 175 Å². The zero-order chi connectivity index (χ0) is 21.3. The van der Waals surface area contributed by atoms with Crippen molar-refractivity contribution in [3.63, 3.8) is 0 Å². The molecule has 3 heterocycles. The summed E-state index contributed by atoms with van der Waals surface area (Å²) in [4.78, 5) is 18.1. The molecule has 1 aliphatic heterocycles. The van der Waals surface area contributed by atoms with E-state index in [0.717, 1.165) is 11.3 Å². The molecule has 0 saturated carbocycles. The number of anilines is 1. The molecule has 30 heavy (non-hydrogen) atoms. The van der Waals surface area contributed by atoms with Crippen molar-refractivity contribution in [2.75, 3.05) is 31.0 Å². The van der Waals surface area contributed by atoms with Crippen molar-refractivity contribution in [2.45, 2.75) is 11.1 Å². The average molecular weight is 452 g/mol. The lowest BCUT2D eigenvalue weighted by molar-refractivity contribution is 0.0272. The summed E-state index contributed by atoms with van der Waals surface area (Å²) in [6.07, 6.45) is 0. The minimum atomic E-state index is -3.89. The molecule has 3 aromatic rings. The maximum Gasteiger partial charge on any atom is 0.316 e. The number of hydrogen-bond acceptors (Lipinski definition) is 8. The second kappa shape index (κ2) is 8.13. The lowest BCUT2D eigenvalue weighted by Gasteiger charge is -2.25. The minimum absolute atomic E-state index is 0.0204. The van der Waals surface area contributed by atoms with Gasteiger partial charge >= 0.3 is 11.8 Å². The van der Waals surface area contributed by atoms with Gasteiger partial charge in [-0.1, -0.05) is 5.16 Å². The molecule has 1 aliphatic rings. The van der Waals surface area contributed by atoms with Gasteiger partial charge in [-0.25, -0.2) is 12.8 Å². The third-order valence-corrected chi connectivity index (χ3v) is 7.24. The topological polar surface area (TPSA) is 115 Å². The summed E-state index contributed by atoms with van der Waals surface area (Å²) in [6.45, 7) is 3.36. The predicted molar refractivity (Wildman–Crippen MR) is 106 cm³/mol. The molecule has 9 nitrogen and oxygen atoms in total. The largest absolute Gasteiger partial charge is 0.378 e. The lowest BCUT2D eigenvalue weighted by Crippen LogP contribution is -2.40. The molecule has 0 radical (unpaired) electrons. The van der Waals surface area contributed by atoms with E-state index in [2.05, 4.69) is 14.9 Å². The Hall–Kier alpha value is -2.83. The SMILES string of the molecule is Cc1cc(F)ccc1NS(=O)(=O)c1cc(-c2noc(C(=O)N3CCOCC3)n2)cs1. The Balaban J connectivity index is 1.52. The molecule has 12 heteroatoms. The number of thiophene rings is 1. The van der Waals surface area contributed by atoms with Gasteiger partial charge in [0.15, 0.2) is 0 Å². The number of aromatic nitrogens is 2. The van der Waals surface area contributed by atoms with E-state index in [1.807, 2.05) is 0 Å². The molecular weight excluding hydrogens is 435 g/mol. The Kier molecular flexibility index (Phi) is 5.54. The van der Waals surface area contributed by atoms with E-state index in [-0.39, 0.29) is 21.6 Å². The van der Waals surface area contributed by atoms with E-state index in [0.29, 0.717) is 37.4 Å². The molecule has 1 saturated heterocycles. The first kappa shape index (κ1) is 20.4. The summed E-state index contributed by atoms with van der Waals surface area (Å²) in [7, 11) is -3.89.